The lowest BCUT2D eigenvalue weighted by Crippen LogP contribution is -2.36. The molecule has 4 atom stereocenters. The number of hydrogen-bond donors (Lipinski definition) is 4. The van der Waals surface area contributed by atoms with Crippen LogP contribution in [0.15, 0.2) is 15.8 Å². The van der Waals surface area contributed by atoms with Gasteiger partial charge in [0.05, 0.1) is 17.6 Å². The molecule has 10 heteroatoms. The van der Waals surface area contributed by atoms with Crippen molar-refractivity contribution in [2.75, 3.05) is 6.61 Å². The summed E-state index contributed by atoms with van der Waals surface area (Å²) in [5.41, 5.74) is -1.98. The Hall–Kier alpha value is -2.14. The van der Waals surface area contributed by atoms with E-state index in [1.165, 1.54) is 6.92 Å². The van der Waals surface area contributed by atoms with Gasteiger partial charge in [-0.15, -0.1) is 0 Å². The van der Waals surface area contributed by atoms with E-state index in [4.69, 9.17) is 9.84 Å². The molecule has 0 amide bonds. The molecule has 3 heterocycles. The van der Waals surface area contributed by atoms with E-state index in [0.717, 1.165) is 10.8 Å². The lowest BCUT2D eigenvalue weighted by Gasteiger charge is -2.17. The molecular formula is C13H14FN3O6. The summed E-state index contributed by atoms with van der Waals surface area (Å²) in [6.07, 6.45) is -4.22. The van der Waals surface area contributed by atoms with Crippen LogP contribution in [0.2, 0.25) is 0 Å². The summed E-state index contributed by atoms with van der Waals surface area (Å²) in [7, 11) is 0. The monoisotopic (exact) mass is 327 g/mol. The Morgan fingerprint density at radius 2 is 2.09 bits per heavy atom. The van der Waals surface area contributed by atoms with Gasteiger partial charge in [-0.3, -0.25) is 9.36 Å². The Labute approximate surface area is 127 Å². The fraction of sp³-hybridized carbons (Fsp3) is 0.462. The van der Waals surface area contributed by atoms with Crippen LogP contribution in [-0.2, 0) is 4.74 Å². The van der Waals surface area contributed by atoms with Gasteiger partial charge in [-0.25, -0.2) is 4.79 Å². The first-order valence-electron chi connectivity index (χ1n) is 6.79. The van der Waals surface area contributed by atoms with Gasteiger partial charge in [-0.05, 0) is 6.92 Å². The minimum absolute atomic E-state index is 0.0683. The summed E-state index contributed by atoms with van der Waals surface area (Å²) in [6.45, 7) is 0.713. The Bertz CT molecular complexity index is 878. The van der Waals surface area contributed by atoms with Gasteiger partial charge in [0.2, 0.25) is 0 Å². The van der Waals surface area contributed by atoms with Crippen LogP contribution in [0.3, 0.4) is 0 Å². The maximum atomic E-state index is 13.5. The first-order chi connectivity index (χ1) is 10.8. The third kappa shape index (κ3) is 2.36. The topological polar surface area (TPSA) is 138 Å². The van der Waals surface area contributed by atoms with Crippen LogP contribution in [0.1, 0.15) is 11.8 Å². The number of aromatic nitrogens is 3. The summed E-state index contributed by atoms with van der Waals surface area (Å²) in [5.74, 6) is -0.889. The van der Waals surface area contributed by atoms with E-state index in [9.17, 15) is 24.2 Å². The van der Waals surface area contributed by atoms with E-state index >= 15 is 0 Å². The molecule has 2 aromatic rings. The van der Waals surface area contributed by atoms with Gasteiger partial charge in [0, 0.05) is 6.20 Å². The third-order valence-electron chi connectivity index (χ3n) is 3.89. The van der Waals surface area contributed by atoms with Crippen LogP contribution in [0.5, 0.6) is 0 Å². The highest BCUT2D eigenvalue weighted by atomic mass is 19.1. The molecule has 1 aliphatic heterocycles. The second-order valence-corrected chi connectivity index (χ2v) is 5.31. The number of ether oxygens (including phenoxy) is 1. The normalized spacial score (nSPS) is 27.7. The van der Waals surface area contributed by atoms with E-state index in [-0.39, 0.29) is 16.6 Å². The Morgan fingerprint density at radius 3 is 2.70 bits per heavy atom. The van der Waals surface area contributed by atoms with Crippen molar-refractivity contribution in [3.8, 4) is 0 Å². The summed E-state index contributed by atoms with van der Waals surface area (Å²) in [4.78, 5) is 29.9. The van der Waals surface area contributed by atoms with Crippen LogP contribution in [0, 0.1) is 12.9 Å². The lowest BCUT2D eigenvalue weighted by atomic mass is 10.1. The standard InChI is InChI=1S/C13H14FN3O6/c1-4-7(19)5-2-17(13(22)16-11(5)15-10(4)14)12-9(21)8(20)6(3-18)23-12/h2,6,8-9,12,18,20-21H,3H2,1H3,(H,15,16,22)/t6-,8?,9+,12-/m1/s1. The summed E-state index contributed by atoms with van der Waals surface area (Å²) >= 11 is 0. The molecule has 124 valence electrons. The smallest absolute Gasteiger partial charge is 0.351 e. The molecule has 0 saturated carbocycles. The lowest BCUT2D eigenvalue weighted by molar-refractivity contribution is -0.0547. The van der Waals surface area contributed by atoms with Crippen molar-refractivity contribution in [3.63, 3.8) is 0 Å². The van der Waals surface area contributed by atoms with E-state index in [1.807, 2.05) is 0 Å². The highest BCUT2D eigenvalue weighted by molar-refractivity contribution is 5.73. The number of nitrogens with zero attached hydrogens (tertiary/aromatic N) is 2. The minimum Gasteiger partial charge on any atom is -0.394 e. The number of fused-ring (bicyclic) bond motifs is 1. The third-order valence-corrected chi connectivity index (χ3v) is 3.89. The molecule has 0 spiro atoms. The van der Waals surface area contributed by atoms with E-state index in [0.29, 0.717) is 0 Å². The molecule has 0 radical (unpaired) electrons. The van der Waals surface area contributed by atoms with Crippen LogP contribution in [0.4, 0.5) is 4.39 Å². The Morgan fingerprint density at radius 1 is 1.39 bits per heavy atom. The zero-order chi connectivity index (χ0) is 16.9. The van der Waals surface area contributed by atoms with Crippen molar-refractivity contribution in [1.82, 2.24) is 14.5 Å². The van der Waals surface area contributed by atoms with Gasteiger partial charge in [-0.2, -0.15) is 9.37 Å². The van der Waals surface area contributed by atoms with Crippen molar-refractivity contribution in [1.29, 1.82) is 0 Å². The second-order valence-electron chi connectivity index (χ2n) is 5.31. The highest BCUT2D eigenvalue weighted by Crippen LogP contribution is 2.28. The average molecular weight is 327 g/mol. The van der Waals surface area contributed by atoms with Gasteiger partial charge < -0.3 is 25.0 Å². The number of aliphatic hydroxyl groups is 3. The molecule has 1 fully saturated rings. The molecule has 3 rings (SSSR count). The van der Waals surface area contributed by atoms with Crippen molar-refractivity contribution in [2.24, 2.45) is 0 Å². The predicted octanol–water partition coefficient (Wildman–Crippen LogP) is -1.86. The molecule has 1 saturated heterocycles. The molecule has 2 aromatic heterocycles. The van der Waals surface area contributed by atoms with Crippen LogP contribution in [0.25, 0.3) is 11.0 Å². The van der Waals surface area contributed by atoms with Crippen molar-refractivity contribution >= 4 is 11.0 Å². The van der Waals surface area contributed by atoms with Gasteiger partial charge in [0.15, 0.2) is 23.3 Å². The number of halogens is 1. The fourth-order valence-corrected chi connectivity index (χ4v) is 2.52. The molecule has 1 unspecified atom stereocenters. The number of aromatic amines is 1. The summed E-state index contributed by atoms with van der Waals surface area (Å²) in [5, 5.41) is 28.7. The van der Waals surface area contributed by atoms with Gasteiger partial charge >= 0.3 is 5.69 Å². The maximum Gasteiger partial charge on any atom is 0.351 e. The zero-order valence-corrected chi connectivity index (χ0v) is 11.9. The van der Waals surface area contributed by atoms with Crippen LogP contribution in [-0.4, -0.2) is 54.8 Å². The van der Waals surface area contributed by atoms with Gasteiger partial charge in [0.25, 0.3) is 0 Å². The first kappa shape index (κ1) is 15.7. The average Bonchev–Trinajstić information content (AvgIpc) is 2.80. The van der Waals surface area contributed by atoms with Gasteiger partial charge in [0.1, 0.15) is 18.3 Å². The summed E-state index contributed by atoms with van der Waals surface area (Å²) in [6, 6.07) is 0. The van der Waals surface area contributed by atoms with Crippen molar-refractivity contribution in [2.45, 2.75) is 31.5 Å². The second kappa shape index (κ2) is 5.49. The number of aliphatic hydroxyl groups excluding tert-OH is 3. The summed E-state index contributed by atoms with van der Waals surface area (Å²) < 4.78 is 19.6. The molecule has 23 heavy (non-hydrogen) atoms. The Kier molecular flexibility index (Phi) is 3.76. The molecule has 4 N–H and O–H groups in total. The number of pyridine rings is 1. The largest absolute Gasteiger partial charge is 0.394 e. The quantitative estimate of drug-likeness (QED) is 0.475. The van der Waals surface area contributed by atoms with Crippen LogP contribution >= 0.6 is 0 Å². The molecule has 0 aliphatic carbocycles. The minimum atomic E-state index is -1.50. The van der Waals surface area contributed by atoms with Crippen molar-refractivity contribution < 1.29 is 24.4 Å². The van der Waals surface area contributed by atoms with Gasteiger partial charge in [-0.1, -0.05) is 0 Å². The molecule has 0 aromatic carbocycles. The first-order valence-corrected chi connectivity index (χ1v) is 6.79. The maximum absolute atomic E-state index is 13.5. The molecule has 9 nitrogen and oxygen atoms in total. The molecular weight excluding hydrogens is 313 g/mol. The number of nitrogens with one attached hydrogen (secondary N) is 1. The SMILES string of the molecule is Cc1c(F)[nH]c2nc(=O)n([C@@H]3O[C@H](CO)C(O)[C@@H]3O)cc2c1=O. The zero-order valence-electron chi connectivity index (χ0n) is 11.9. The van der Waals surface area contributed by atoms with E-state index in [2.05, 4.69) is 9.97 Å². The number of hydrogen-bond acceptors (Lipinski definition) is 7. The highest BCUT2D eigenvalue weighted by Gasteiger charge is 2.43. The Balaban J connectivity index is 2.18. The van der Waals surface area contributed by atoms with Crippen LogP contribution < -0.4 is 11.1 Å². The fourth-order valence-electron chi connectivity index (χ4n) is 2.52. The van der Waals surface area contributed by atoms with E-state index < -0.39 is 48.2 Å². The van der Waals surface area contributed by atoms with Crippen molar-refractivity contribution in [3.05, 3.63) is 38.4 Å². The predicted molar refractivity (Wildman–Crippen MR) is 74.3 cm³/mol. The number of rotatable bonds is 2. The number of H-pyrrole nitrogens is 1. The van der Waals surface area contributed by atoms with E-state index in [1.54, 1.807) is 0 Å². The molecule has 1 aliphatic rings. The molecule has 0 bridgehead atoms.